The smallest absolute Gasteiger partial charge is 0.268 e. The molecule has 1 fully saturated rings. The van der Waals surface area contributed by atoms with E-state index in [1.54, 1.807) is 37.6 Å². The van der Waals surface area contributed by atoms with E-state index in [2.05, 4.69) is 32.8 Å². The van der Waals surface area contributed by atoms with Crippen LogP contribution >= 0.6 is 15.9 Å². The van der Waals surface area contributed by atoms with Crippen LogP contribution in [0.1, 0.15) is 11.1 Å². The molecule has 1 aliphatic heterocycles. The Balaban J connectivity index is 1.70. The minimum atomic E-state index is -3.72. The Morgan fingerprint density at radius 3 is 2.50 bits per heavy atom. The van der Waals surface area contributed by atoms with Gasteiger partial charge in [0.05, 0.1) is 17.5 Å². The first-order valence-corrected chi connectivity index (χ1v) is 12.1. The summed E-state index contributed by atoms with van der Waals surface area (Å²) in [6.07, 6.45) is 1.68. The lowest BCUT2D eigenvalue weighted by atomic mass is 10.2. The minimum Gasteiger partial charge on any atom is -0.497 e. The summed E-state index contributed by atoms with van der Waals surface area (Å²) in [5.41, 5.74) is 2.52. The zero-order valence-electron chi connectivity index (χ0n) is 17.4. The van der Waals surface area contributed by atoms with E-state index in [9.17, 15) is 8.42 Å². The van der Waals surface area contributed by atoms with Crippen LogP contribution in [-0.2, 0) is 16.6 Å². The molecule has 0 bridgehead atoms. The van der Waals surface area contributed by atoms with Crippen molar-refractivity contribution in [2.45, 2.75) is 18.4 Å². The van der Waals surface area contributed by atoms with Gasteiger partial charge in [0.2, 0.25) is 0 Å². The highest BCUT2D eigenvalue weighted by molar-refractivity contribution is 9.10. The molecule has 6 nitrogen and oxygen atoms in total. The van der Waals surface area contributed by atoms with Gasteiger partial charge >= 0.3 is 0 Å². The van der Waals surface area contributed by atoms with Crippen molar-refractivity contribution in [1.82, 2.24) is 13.8 Å². The number of halogens is 1. The number of aryl methyl sites for hydroxylation is 1. The molecule has 2 aromatic carbocycles. The molecule has 0 N–H and O–H groups in total. The number of piperazine rings is 1. The molecule has 160 valence electrons. The van der Waals surface area contributed by atoms with Crippen LogP contribution < -0.4 is 4.74 Å². The highest BCUT2D eigenvalue weighted by Gasteiger charge is 2.23. The number of aromatic nitrogens is 1. The zero-order chi connectivity index (χ0) is 21.5. The van der Waals surface area contributed by atoms with Crippen molar-refractivity contribution in [3.63, 3.8) is 0 Å². The third kappa shape index (κ3) is 4.01. The van der Waals surface area contributed by atoms with Crippen molar-refractivity contribution in [2.75, 3.05) is 40.3 Å². The first kappa shape index (κ1) is 21.4. The summed E-state index contributed by atoms with van der Waals surface area (Å²) in [6.45, 7) is 6.63. The Kier molecular flexibility index (Phi) is 5.94. The lowest BCUT2D eigenvalue weighted by molar-refractivity contribution is 0.148. The van der Waals surface area contributed by atoms with Gasteiger partial charge in [0, 0.05) is 48.8 Å². The summed E-state index contributed by atoms with van der Waals surface area (Å²) in [7, 11) is 0.00466. The average molecular weight is 492 g/mol. The van der Waals surface area contributed by atoms with Gasteiger partial charge in [-0.15, -0.1) is 0 Å². The zero-order valence-corrected chi connectivity index (χ0v) is 19.8. The molecule has 0 radical (unpaired) electrons. The number of hydrogen-bond acceptors (Lipinski definition) is 5. The van der Waals surface area contributed by atoms with Crippen molar-refractivity contribution in [2.24, 2.45) is 0 Å². The van der Waals surface area contributed by atoms with Gasteiger partial charge in [0.1, 0.15) is 5.75 Å². The van der Waals surface area contributed by atoms with Gasteiger partial charge < -0.3 is 9.64 Å². The third-order valence-corrected chi connectivity index (χ3v) is 8.18. The maximum Gasteiger partial charge on any atom is 0.268 e. The van der Waals surface area contributed by atoms with E-state index >= 15 is 0 Å². The molecule has 0 aliphatic carbocycles. The highest BCUT2D eigenvalue weighted by atomic mass is 79.9. The van der Waals surface area contributed by atoms with E-state index in [-0.39, 0.29) is 0 Å². The van der Waals surface area contributed by atoms with E-state index in [4.69, 9.17) is 4.74 Å². The molecule has 1 saturated heterocycles. The number of rotatable bonds is 5. The second kappa shape index (κ2) is 8.34. The highest BCUT2D eigenvalue weighted by Crippen LogP contribution is 2.30. The molecule has 0 atom stereocenters. The summed E-state index contributed by atoms with van der Waals surface area (Å²) >= 11 is 3.60. The van der Waals surface area contributed by atoms with E-state index in [1.165, 1.54) is 3.97 Å². The van der Waals surface area contributed by atoms with Crippen molar-refractivity contribution < 1.29 is 13.2 Å². The van der Waals surface area contributed by atoms with E-state index in [1.807, 2.05) is 19.1 Å². The topological polar surface area (TPSA) is 54.8 Å². The van der Waals surface area contributed by atoms with E-state index in [0.29, 0.717) is 16.2 Å². The molecule has 0 unspecified atom stereocenters. The van der Waals surface area contributed by atoms with Gasteiger partial charge in [-0.1, -0.05) is 15.9 Å². The normalized spacial score (nSPS) is 16.3. The summed E-state index contributed by atoms with van der Waals surface area (Å²) in [6, 6.07) is 10.7. The molecule has 0 amide bonds. The van der Waals surface area contributed by atoms with Crippen LogP contribution in [0.3, 0.4) is 0 Å². The summed E-state index contributed by atoms with van der Waals surface area (Å²) in [5, 5.41) is 0.868. The fourth-order valence-corrected chi connectivity index (χ4v) is 5.70. The van der Waals surface area contributed by atoms with Crippen molar-refractivity contribution in [3.8, 4) is 5.75 Å². The van der Waals surface area contributed by atoms with Crippen molar-refractivity contribution >= 4 is 36.9 Å². The molecule has 2 heterocycles. The van der Waals surface area contributed by atoms with Crippen LogP contribution in [0, 0.1) is 6.92 Å². The number of methoxy groups -OCH3 is 1. The molecule has 0 spiro atoms. The number of hydrogen-bond donors (Lipinski definition) is 0. The van der Waals surface area contributed by atoms with Gasteiger partial charge in [-0.25, -0.2) is 12.4 Å². The molecular weight excluding hydrogens is 466 g/mol. The van der Waals surface area contributed by atoms with E-state index < -0.39 is 10.0 Å². The molecule has 30 heavy (non-hydrogen) atoms. The molecule has 0 saturated carbocycles. The van der Waals surface area contributed by atoms with Gasteiger partial charge in [0.15, 0.2) is 0 Å². The molecular formula is C22H26BrN3O3S. The average Bonchev–Trinajstić information content (AvgIpc) is 3.08. The molecule has 8 heteroatoms. The first-order valence-electron chi connectivity index (χ1n) is 9.90. The van der Waals surface area contributed by atoms with Crippen LogP contribution in [0.15, 0.2) is 52.0 Å². The Hall–Kier alpha value is -1.87. The predicted molar refractivity (Wildman–Crippen MR) is 123 cm³/mol. The number of benzene rings is 2. The third-order valence-electron chi connectivity index (χ3n) is 5.74. The number of ether oxygens (including phenoxy) is 1. The van der Waals surface area contributed by atoms with Crippen LogP contribution in [0.5, 0.6) is 5.75 Å². The summed E-state index contributed by atoms with van der Waals surface area (Å²) in [5.74, 6) is 0.707. The van der Waals surface area contributed by atoms with Crippen molar-refractivity contribution in [1.29, 1.82) is 0 Å². The number of likely N-dealkylation sites (N-methyl/N-ethyl adjacent to an activating group) is 1. The molecule has 1 aromatic heterocycles. The van der Waals surface area contributed by atoms with Gasteiger partial charge in [-0.05, 0) is 61.5 Å². The quantitative estimate of drug-likeness (QED) is 0.544. The largest absolute Gasteiger partial charge is 0.497 e. The van der Waals surface area contributed by atoms with Crippen molar-refractivity contribution in [3.05, 3.63) is 58.2 Å². The van der Waals surface area contributed by atoms with Crippen LogP contribution in [-0.4, -0.2) is 62.5 Å². The Morgan fingerprint density at radius 1 is 1.07 bits per heavy atom. The lowest BCUT2D eigenvalue weighted by Gasteiger charge is -2.32. The predicted octanol–water partition coefficient (Wildman–Crippen LogP) is 3.71. The SMILES string of the molecule is COc1ccc2c(c1)c(C)cn2S(=O)(=O)c1ccc(Br)c(CN2CCN(C)CC2)c1. The second-order valence-corrected chi connectivity index (χ2v) is 10.5. The molecule has 3 aromatic rings. The van der Waals surface area contributed by atoms with Gasteiger partial charge in [-0.3, -0.25) is 4.90 Å². The monoisotopic (exact) mass is 491 g/mol. The van der Waals surface area contributed by atoms with Crippen LogP contribution in [0.2, 0.25) is 0 Å². The van der Waals surface area contributed by atoms with Crippen LogP contribution in [0.25, 0.3) is 10.9 Å². The van der Waals surface area contributed by atoms with Gasteiger partial charge in [-0.2, -0.15) is 0 Å². The maximum atomic E-state index is 13.5. The fourth-order valence-electron chi connectivity index (χ4n) is 3.86. The Labute approximate surface area is 186 Å². The van der Waals surface area contributed by atoms with E-state index in [0.717, 1.165) is 53.7 Å². The summed E-state index contributed by atoms with van der Waals surface area (Å²) < 4.78 is 34.6. The lowest BCUT2D eigenvalue weighted by Crippen LogP contribution is -2.43. The number of fused-ring (bicyclic) bond motifs is 1. The molecule has 1 aliphatic rings. The minimum absolute atomic E-state index is 0.294. The maximum absolute atomic E-state index is 13.5. The Morgan fingerprint density at radius 2 is 1.80 bits per heavy atom. The summed E-state index contributed by atoms with van der Waals surface area (Å²) in [4.78, 5) is 4.96. The fraction of sp³-hybridized carbons (Fsp3) is 0.364. The second-order valence-electron chi connectivity index (χ2n) is 7.83. The number of nitrogens with zero attached hydrogens (tertiary/aromatic N) is 3. The Bertz CT molecular complexity index is 1180. The van der Waals surface area contributed by atoms with Gasteiger partial charge in [0.25, 0.3) is 10.0 Å². The first-order chi connectivity index (χ1) is 14.3. The standard InChI is InChI=1S/C22H26BrN3O3S/c1-16-14-26(22-7-4-18(29-3)13-20(16)22)30(27,28)19-5-6-21(23)17(12-19)15-25-10-8-24(2)9-11-25/h4-7,12-14H,8-11,15H2,1-3H3. The van der Waals surface area contributed by atoms with Crippen LogP contribution in [0.4, 0.5) is 0 Å². The molecule has 4 rings (SSSR count).